The molecular formula is C48H41N. The predicted octanol–water partition coefficient (Wildman–Crippen LogP) is 13.5. The van der Waals surface area contributed by atoms with Gasteiger partial charge in [-0.3, -0.25) is 0 Å². The van der Waals surface area contributed by atoms with E-state index in [0.29, 0.717) is 5.41 Å². The molecular weight excluding hydrogens is 591 g/mol. The third-order valence-corrected chi connectivity index (χ3v) is 11.5. The van der Waals surface area contributed by atoms with Gasteiger partial charge in [-0.15, -0.1) is 0 Å². The molecule has 0 unspecified atom stereocenters. The van der Waals surface area contributed by atoms with Gasteiger partial charge in [-0.25, -0.2) is 0 Å². The second kappa shape index (κ2) is 12.6. The van der Waals surface area contributed by atoms with Crippen molar-refractivity contribution in [3.63, 3.8) is 0 Å². The lowest BCUT2D eigenvalue weighted by Gasteiger charge is -2.47. The topological polar surface area (TPSA) is 3.24 Å². The number of hydrogen-bond acceptors (Lipinski definition) is 1. The van der Waals surface area contributed by atoms with E-state index in [1.165, 1.54) is 93.9 Å². The molecule has 0 radical (unpaired) electrons. The van der Waals surface area contributed by atoms with E-state index in [1.807, 2.05) is 0 Å². The molecule has 3 aliphatic rings. The lowest BCUT2D eigenvalue weighted by Crippen LogP contribution is -2.37. The van der Waals surface area contributed by atoms with Crippen molar-refractivity contribution >= 4 is 27.8 Å². The monoisotopic (exact) mass is 631 g/mol. The smallest absolute Gasteiger partial charge is 0.0462 e. The molecule has 0 spiro atoms. The average Bonchev–Trinajstić information content (AvgIpc) is 3.20. The van der Waals surface area contributed by atoms with E-state index in [9.17, 15) is 0 Å². The standard InChI is InChI=1S/C48H41N/c1-3-8-36(9-4-1)37-16-22-43(23-17-37)49(45-26-20-42(21-27-45)48-31-28-35(29-32-48)30-33-48)44-24-18-38(19-25-44)41-15-14-40-12-7-13-46(47(40)34-41)39-10-5-2-6-11-39/h1-27,34-35H,28-33H2. The van der Waals surface area contributed by atoms with Crippen LogP contribution < -0.4 is 4.90 Å². The molecule has 238 valence electrons. The molecule has 0 saturated heterocycles. The summed E-state index contributed by atoms with van der Waals surface area (Å²) >= 11 is 0. The number of nitrogens with zero attached hydrogens (tertiary/aromatic N) is 1. The first-order chi connectivity index (χ1) is 24.2. The summed E-state index contributed by atoms with van der Waals surface area (Å²) in [5.41, 5.74) is 12.9. The van der Waals surface area contributed by atoms with E-state index >= 15 is 0 Å². The van der Waals surface area contributed by atoms with Crippen molar-refractivity contribution in [2.75, 3.05) is 4.90 Å². The van der Waals surface area contributed by atoms with Crippen LogP contribution in [0.1, 0.15) is 44.1 Å². The summed E-state index contributed by atoms with van der Waals surface area (Å²) in [5, 5.41) is 2.54. The number of rotatable bonds is 7. The summed E-state index contributed by atoms with van der Waals surface area (Å²) in [6.45, 7) is 0. The Bertz CT molecular complexity index is 2180. The molecule has 0 heterocycles. The number of anilines is 3. The largest absolute Gasteiger partial charge is 0.311 e. The van der Waals surface area contributed by atoms with Gasteiger partial charge in [0.2, 0.25) is 0 Å². The molecule has 3 aliphatic carbocycles. The first kappa shape index (κ1) is 29.7. The van der Waals surface area contributed by atoms with Gasteiger partial charge >= 0.3 is 0 Å². The van der Waals surface area contributed by atoms with Crippen LogP contribution in [0.25, 0.3) is 44.2 Å². The maximum Gasteiger partial charge on any atom is 0.0462 e. The Morgan fingerprint density at radius 2 is 0.898 bits per heavy atom. The predicted molar refractivity (Wildman–Crippen MR) is 208 cm³/mol. The van der Waals surface area contributed by atoms with Crippen molar-refractivity contribution in [3.05, 3.63) is 175 Å². The van der Waals surface area contributed by atoms with Gasteiger partial charge in [-0.1, -0.05) is 127 Å². The Hall–Kier alpha value is -5.40. The Morgan fingerprint density at radius 3 is 1.49 bits per heavy atom. The highest BCUT2D eigenvalue weighted by Crippen LogP contribution is 2.52. The summed E-state index contributed by atoms with van der Waals surface area (Å²) in [6.07, 6.45) is 8.26. The molecule has 3 fully saturated rings. The zero-order chi connectivity index (χ0) is 32.6. The summed E-state index contributed by atoms with van der Waals surface area (Å²) in [6, 6.07) is 62.5. The summed E-state index contributed by atoms with van der Waals surface area (Å²) < 4.78 is 0. The van der Waals surface area contributed by atoms with Crippen molar-refractivity contribution in [3.8, 4) is 33.4 Å². The molecule has 49 heavy (non-hydrogen) atoms. The SMILES string of the molecule is c1ccc(-c2ccc(N(c3ccc(-c4ccc5cccc(-c6ccccc6)c5c4)cc3)c3ccc(C45CCC(CC4)CC5)cc3)cc2)cc1. The number of hydrogen-bond donors (Lipinski definition) is 0. The van der Waals surface area contributed by atoms with Crippen LogP contribution in [0.2, 0.25) is 0 Å². The normalized spacial score (nSPS) is 18.4. The molecule has 7 aromatic carbocycles. The minimum Gasteiger partial charge on any atom is -0.311 e. The fourth-order valence-electron chi connectivity index (χ4n) is 8.65. The van der Waals surface area contributed by atoms with Gasteiger partial charge in [0.1, 0.15) is 0 Å². The first-order valence-corrected chi connectivity index (χ1v) is 18.0. The van der Waals surface area contributed by atoms with Crippen LogP contribution in [-0.2, 0) is 5.41 Å². The van der Waals surface area contributed by atoms with Crippen LogP contribution in [-0.4, -0.2) is 0 Å². The molecule has 1 heteroatoms. The van der Waals surface area contributed by atoms with E-state index in [1.54, 1.807) is 0 Å². The van der Waals surface area contributed by atoms with Gasteiger partial charge in [0.05, 0.1) is 0 Å². The molecule has 2 bridgehead atoms. The van der Waals surface area contributed by atoms with Gasteiger partial charge < -0.3 is 4.90 Å². The molecule has 0 aliphatic heterocycles. The van der Waals surface area contributed by atoms with Crippen molar-refractivity contribution in [2.24, 2.45) is 5.92 Å². The van der Waals surface area contributed by atoms with E-state index in [0.717, 1.165) is 17.3 Å². The van der Waals surface area contributed by atoms with Crippen molar-refractivity contribution < 1.29 is 0 Å². The Kier molecular flexibility index (Phi) is 7.62. The van der Waals surface area contributed by atoms with Crippen LogP contribution >= 0.6 is 0 Å². The molecule has 10 rings (SSSR count). The van der Waals surface area contributed by atoms with Crippen LogP contribution in [0.5, 0.6) is 0 Å². The van der Waals surface area contributed by atoms with Crippen LogP contribution in [0, 0.1) is 5.92 Å². The van der Waals surface area contributed by atoms with Crippen LogP contribution in [0.15, 0.2) is 170 Å². The maximum atomic E-state index is 2.43. The third-order valence-electron chi connectivity index (χ3n) is 11.5. The second-order valence-corrected chi connectivity index (χ2v) is 14.2. The first-order valence-electron chi connectivity index (χ1n) is 18.0. The van der Waals surface area contributed by atoms with E-state index in [2.05, 4.69) is 175 Å². The fraction of sp³-hybridized carbons (Fsp3) is 0.167. The van der Waals surface area contributed by atoms with Gasteiger partial charge in [-0.2, -0.15) is 0 Å². The number of fused-ring (bicyclic) bond motifs is 4. The highest BCUT2D eigenvalue weighted by molar-refractivity contribution is 5.99. The number of benzene rings is 7. The fourth-order valence-corrected chi connectivity index (χ4v) is 8.65. The maximum absolute atomic E-state index is 2.43. The highest BCUT2D eigenvalue weighted by Gasteiger charge is 2.41. The molecule has 7 aromatic rings. The highest BCUT2D eigenvalue weighted by atomic mass is 15.1. The summed E-state index contributed by atoms with van der Waals surface area (Å²) in [7, 11) is 0. The van der Waals surface area contributed by atoms with Crippen molar-refractivity contribution in [1.82, 2.24) is 0 Å². The minimum absolute atomic E-state index is 0.386. The Morgan fingerprint density at radius 1 is 0.408 bits per heavy atom. The van der Waals surface area contributed by atoms with Crippen molar-refractivity contribution in [1.29, 1.82) is 0 Å². The van der Waals surface area contributed by atoms with Crippen LogP contribution in [0.3, 0.4) is 0 Å². The summed E-state index contributed by atoms with van der Waals surface area (Å²) in [4.78, 5) is 2.41. The molecule has 1 nitrogen and oxygen atoms in total. The lowest BCUT2D eigenvalue weighted by atomic mass is 9.58. The Balaban J connectivity index is 1.08. The molecule has 3 saturated carbocycles. The quantitative estimate of drug-likeness (QED) is 0.169. The molecule has 0 N–H and O–H groups in total. The average molecular weight is 632 g/mol. The van der Waals surface area contributed by atoms with E-state index in [-0.39, 0.29) is 0 Å². The third kappa shape index (κ3) is 5.64. The zero-order valence-corrected chi connectivity index (χ0v) is 27.9. The molecule has 0 atom stereocenters. The molecule has 0 amide bonds. The summed E-state index contributed by atoms with van der Waals surface area (Å²) in [5.74, 6) is 0.971. The van der Waals surface area contributed by atoms with Gasteiger partial charge in [0, 0.05) is 17.1 Å². The minimum atomic E-state index is 0.386. The zero-order valence-electron chi connectivity index (χ0n) is 27.9. The second-order valence-electron chi connectivity index (χ2n) is 14.2. The van der Waals surface area contributed by atoms with Gasteiger partial charge in [0.25, 0.3) is 0 Å². The van der Waals surface area contributed by atoms with E-state index < -0.39 is 0 Å². The molecule has 0 aromatic heterocycles. The van der Waals surface area contributed by atoms with Crippen molar-refractivity contribution in [2.45, 2.75) is 43.9 Å². The lowest BCUT2D eigenvalue weighted by molar-refractivity contribution is 0.136. The van der Waals surface area contributed by atoms with Gasteiger partial charge in [-0.05, 0) is 142 Å². The Labute approximate surface area is 290 Å². The van der Waals surface area contributed by atoms with Gasteiger partial charge in [0.15, 0.2) is 0 Å². The van der Waals surface area contributed by atoms with E-state index in [4.69, 9.17) is 0 Å². The van der Waals surface area contributed by atoms with Crippen LogP contribution in [0.4, 0.5) is 17.1 Å².